The molecular formula is C22H20F3N3O4S. The third kappa shape index (κ3) is 4.79. The molecule has 1 aliphatic heterocycles. The summed E-state index contributed by atoms with van der Waals surface area (Å²) in [7, 11) is -3.93. The highest BCUT2D eigenvalue weighted by Gasteiger charge is 2.33. The van der Waals surface area contributed by atoms with Gasteiger partial charge in [-0.15, -0.1) is 13.2 Å². The SMILES string of the molecule is Cc1nccc2cccc(C(=O)N3CCN(S(=O)(=O)c4ccc(OC(F)(F)F)cc4)CC3)c12. The lowest BCUT2D eigenvalue weighted by Crippen LogP contribution is -2.50. The highest BCUT2D eigenvalue weighted by molar-refractivity contribution is 7.89. The van der Waals surface area contributed by atoms with Crippen LogP contribution in [0.4, 0.5) is 13.2 Å². The van der Waals surface area contributed by atoms with Crippen LogP contribution in [0.15, 0.2) is 59.6 Å². The Balaban J connectivity index is 1.47. The molecule has 1 aliphatic rings. The lowest BCUT2D eigenvalue weighted by atomic mass is 10.0. The summed E-state index contributed by atoms with van der Waals surface area (Å²) in [4.78, 5) is 18.9. The molecule has 1 saturated heterocycles. The molecule has 1 amide bonds. The Morgan fingerprint density at radius 1 is 1.00 bits per heavy atom. The summed E-state index contributed by atoms with van der Waals surface area (Å²) in [5, 5.41) is 1.66. The first-order chi connectivity index (χ1) is 15.6. The number of fused-ring (bicyclic) bond motifs is 1. The first-order valence-electron chi connectivity index (χ1n) is 10.1. The molecule has 0 unspecified atom stereocenters. The van der Waals surface area contributed by atoms with Crippen LogP contribution < -0.4 is 4.74 Å². The topological polar surface area (TPSA) is 79.8 Å². The number of alkyl halides is 3. The number of ether oxygens (including phenoxy) is 1. The number of carbonyl (C=O) groups is 1. The smallest absolute Gasteiger partial charge is 0.406 e. The number of hydrogen-bond acceptors (Lipinski definition) is 5. The Hall–Kier alpha value is -3.18. The van der Waals surface area contributed by atoms with E-state index in [2.05, 4.69) is 9.72 Å². The number of rotatable bonds is 4. The average Bonchev–Trinajstić information content (AvgIpc) is 2.78. The highest BCUT2D eigenvalue weighted by atomic mass is 32.2. The van der Waals surface area contributed by atoms with Gasteiger partial charge in [0.05, 0.1) is 4.90 Å². The van der Waals surface area contributed by atoms with Crippen LogP contribution >= 0.6 is 0 Å². The number of carbonyl (C=O) groups excluding carboxylic acids is 1. The third-order valence-electron chi connectivity index (χ3n) is 5.43. The van der Waals surface area contributed by atoms with E-state index in [-0.39, 0.29) is 37.0 Å². The molecule has 7 nitrogen and oxygen atoms in total. The fraction of sp³-hybridized carbons (Fsp3) is 0.273. The van der Waals surface area contributed by atoms with E-state index < -0.39 is 22.1 Å². The summed E-state index contributed by atoms with van der Waals surface area (Å²) < 4.78 is 67.7. The molecule has 3 aromatic rings. The highest BCUT2D eigenvalue weighted by Crippen LogP contribution is 2.26. The predicted molar refractivity (Wildman–Crippen MR) is 114 cm³/mol. The maximum atomic E-state index is 13.2. The van der Waals surface area contributed by atoms with Crippen molar-refractivity contribution < 1.29 is 31.1 Å². The van der Waals surface area contributed by atoms with Gasteiger partial charge in [0.2, 0.25) is 10.0 Å². The third-order valence-corrected chi connectivity index (χ3v) is 7.34. The zero-order chi connectivity index (χ0) is 23.8. The summed E-state index contributed by atoms with van der Waals surface area (Å²) in [5.74, 6) is -0.709. The van der Waals surface area contributed by atoms with Gasteiger partial charge in [-0.25, -0.2) is 8.42 Å². The molecule has 11 heteroatoms. The van der Waals surface area contributed by atoms with Crippen molar-refractivity contribution in [1.82, 2.24) is 14.2 Å². The number of piperazine rings is 1. The van der Waals surface area contributed by atoms with Crippen LogP contribution in [0.5, 0.6) is 5.75 Å². The maximum absolute atomic E-state index is 13.2. The molecule has 33 heavy (non-hydrogen) atoms. The molecule has 174 valence electrons. The van der Waals surface area contributed by atoms with Crippen molar-refractivity contribution in [2.24, 2.45) is 0 Å². The van der Waals surface area contributed by atoms with E-state index in [9.17, 15) is 26.4 Å². The van der Waals surface area contributed by atoms with Crippen molar-refractivity contribution >= 4 is 26.7 Å². The minimum Gasteiger partial charge on any atom is -0.406 e. The number of aromatic nitrogens is 1. The molecule has 2 heterocycles. The average molecular weight is 479 g/mol. The normalized spacial score (nSPS) is 15.6. The van der Waals surface area contributed by atoms with Gasteiger partial charge in [-0.2, -0.15) is 4.31 Å². The van der Waals surface area contributed by atoms with E-state index in [0.717, 1.165) is 40.7 Å². The van der Waals surface area contributed by atoms with Crippen LogP contribution in [0, 0.1) is 6.92 Å². The molecule has 0 N–H and O–H groups in total. The second kappa shape index (κ2) is 8.64. The van der Waals surface area contributed by atoms with Crippen LogP contribution in [0.2, 0.25) is 0 Å². The van der Waals surface area contributed by atoms with E-state index in [4.69, 9.17) is 0 Å². The van der Waals surface area contributed by atoms with E-state index in [1.807, 2.05) is 19.1 Å². The molecule has 0 aliphatic carbocycles. The lowest BCUT2D eigenvalue weighted by molar-refractivity contribution is -0.274. The predicted octanol–water partition coefficient (Wildman–Crippen LogP) is 3.59. The molecule has 1 fully saturated rings. The van der Waals surface area contributed by atoms with E-state index in [1.54, 1.807) is 23.2 Å². The van der Waals surface area contributed by atoms with Crippen molar-refractivity contribution in [2.45, 2.75) is 18.2 Å². The summed E-state index contributed by atoms with van der Waals surface area (Å²) in [6.07, 6.45) is -3.18. The van der Waals surface area contributed by atoms with Crippen molar-refractivity contribution in [1.29, 1.82) is 0 Å². The van der Waals surface area contributed by atoms with E-state index in [1.165, 1.54) is 4.31 Å². The Morgan fingerprint density at radius 3 is 2.30 bits per heavy atom. The first-order valence-corrected chi connectivity index (χ1v) is 11.5. The Bertz CT molecular complexity index is 1280. The fourth-order valence-corrected chi connectivity index (χ4v) is 5.27. The minimum atomic E-state index is -4.86. The zero-order valence-corrected chi connectivity index (χ0v) is 18.4. The quantitative estimate of drug-likeness (QED) is 0.572. The van der Waals surface area contributed by atoms with Crippen LogP contribution in [0.1, 0.15) is 16.1 Å². The van der Waals surface area contributed by atoms with Crippen molar-refractivity contribution in [3.8, 4) is 5.75 Å². The van der Waals surface area contributed by atoms with Gasteiger partial charge in [0.15, 0.2) is 0 Å². The number of amides is 1. The molecule has 0 atom stereocenters. The maximum Gasteiger partial charge on any atom is 0.573 e. The number of nitrogens with zero attached hydrogens (tertiary/aromatic N) is 3. The van der Waals surface area contributed by atoms with Crippen molar-refractivity contribution in [2.75, 3.05) is 26.2 Å². The first kappa shape index (κ1) is 23.0. The van der Waals surface area contributed by atoms with Crippen LogP contribution in [-0.4, -0.2) is 61.1 Å². The Morgan fingerprint density at radius 2 is 1.67 bits per heavy atom. The Kier molecular flexibility index (Phi) is 6.02. The summed E-state index contributed by atoms with van der Waals surface area (Å²) in [5.41, 5.74) is 1.24. The number of sulfonamides is 1. The molecule has 0 saturated carbocycles. The molecular weight excluding hydrogens is 459 g/mol. The second-order valence-electron chi connectivity index (χ2n) is 7.52. The summed E-state index contributed by atoms with van der Waals surface area (Å²) >= 11 is 0. The number of pyridine rings is 1. The molecule has 0 bridgehead atoms. The lowest BCUT2D eigenvalue weighted by Gasteiger charge is -2.34. The minimum absolute atomic E-state index is 0.0663. The van der Waals surface area contributed by atoms with Gasteiger partial charge >= 0.3 is 6.36 Å². The largest absolute Gasteiger partial charge is 0.573 e. The van der Waals surface area contributed by atoms with Gasteiger partial charge in [-0.3, -0.25) is 9.78 Å². The van der Waals surface area contributed by atoms with E-state index in [0.29, 0.717) is 5.56 Å². The van der Waals surface area contributed by atoms with Gasteiger partial charge in [0.1, 0.15) is 5.75 Å². The summed E-state index contributed by atoms with van der Waals surface area (Å²) in [6, 6.07) is 11.3. The van der Waals surface area contributed by atoms with Gasteiger partial charge in [0, 0.05) is 49.0 Å². The monoisotopic (exact) mass is 479 g/mol. The Labute approximate surface area is 188 Å². The van der Waals surface area contributed by atoms with Gasteiger partial charge < -0.3 is 9.64 Å². The van der Waals surface area contributed by atoms with Gasteiger partial charge in [-0.1, -0.05) is 12.1 Å². The zero-order valence-electron chi connectivity index (χ0n) is 17.5. The van der Waals surface area contributed by atoms with Crippen LogP contribution in [0.3, 0.4) is 0 Å². The standard InChI is InChI=1S/C22H20F3N3O4S/c1-15-20-16(9-10-26-15)3-2-4-19(20)21(29)27-11-13-28(14-12-27)33(30,31)18-7-5-17(6-8-18)32-22(23,24)25/h2-10H,11-14H2,1H3. The molecule has 2 aromatic carbocycles. The fourth-order valence-electron chi connectivity index (χ4n) is 3.85. The van der Waals surface area contributed by atoms with E-state index >= 15 is 0 Å². The molecule has 0 spiro atoms. The number of aryl methyl sites for hydroxylation is 1. The number of hydrogen-bond donors (Lipinski definition) is 0. The molecule has 1 aromatic heterocycles. The molecule has 4 rings (SSSR count). The van der Waals surface area contributed by atoms with Crippen LogP contribution in [-0.2, 0) is 10.0 Å². The van der Waals surface area contributed by atoms with Crippen molar-refractivity contribution in [3.05, 3.63) is 66.0 Å². The number of halogens is 3. The molecule has 0 radical (unpaired) electrons. The van der Waals surface area contributed by atoms with Crippen molar-refractivity contribution in [3.63, 3.8) is 0 Å². The number of benzene rings is 2. The van der Waals surface area contributed by atoms with Gasteiger partial charge in [0.25, 0.3) is 5.91 Å². The van der Waals surface area contributed by atoms with Gasteiger partial charge in [-0.05, 0) is 48.7 Å². The second-order valence-corrected chi connectivity index (χ2v) is 9.45. The van der Waals surface area contributed by atoms with Crippen LogP contribution in [0.25, 0.3) is 10.8 Å². The summed E-state index contributed by atoms with van der Waals surface area (Å²) in [6.45, 7) is 2.33.